The third kappa shape index (κ3) is 3.22. The molecule has 1 fully saturated rings. The number of nitrogens with zero attached hydrogens (tertiary/aromatic N) is 1. The number of ether oxygens (including phenoxy) is 1. The summed E-state index contributed by atoms with van der Waals surface area (Å²) in [5.74, 6) is 0.735. The highest BCUT2D eigenvalue weighted by molar-refractivity contribution is 7.99. The molecule has 1 aromatic rings. The maximum Gasteiger partial charge on any atom is 0.283 e. The van der Waals surface area contributed by atoms with Crippen molar-refractivity contribution in [2.45, 2.75) is 30.4 Å². The van der Waals surface area contributed by atoms with Crippen LogP contribution in [0.2, 0.25) is 0 Å². The molecule has 1 aromatic carbocycles. The van der Waals surface area contributed by atoms with Crippen molar-refractivity contribution in [2.75, 3.05) is 12.4 Å². The van der Waals surface area contributed by atoms with Gasteiger partial charge in [-0.25, -0.2) is 0 Å². The van der Waals surface area contributed by atoms with E-state index in [0.717, 1.165) is 25.2 Å². The zero-order valence-electron chi connectivity index (χ0n) is 9.87. The Bertz CT molecular complexity index is 432. The molecule has 0 spiro atoms. The van der Waals surface area contributed by atoms with Gasteiger partial charge in [0, 0.05) is 18.4 Å². The van der Waals surface area contributed by atoms with Crippen LogP contribution in [-0.2, 0) is 11.3 Å². The molecule has 0 saturated carbocycles. The first-order chi connectivity index (χ1) is 8.70. The Morgan fingerprint density at radius 2 is 2.39 bits per heavy atom. The van der Waals surface area contributed by atoms with Crippen molar-refractivity contribution < 1.29 is 14.8 Å². The fourth-order valence-electron chi connectivity index (χ4n) is 1.88. The van der Waals surface area contributed by atoms with Gasteiger partial charge in [-0.2, -0.15) is 0 Å². The zero-order chi connectivity index (χ0) is 13.0. The SMILES string of the molecule is O=[N+]([O-])c1cc(CO)ccc1SCC1CCCO1. The van der Waals surface area contributed by atoms with E-state index in [2.05, 4.69) is 0 Å². The topological polar surface area (TPSA) is 72.6 Å². The Kier molecular flexibility index (Phi) is 4.57. The predicted octanol–water partition coefficient (Wildman–Crippen LogP) is 2.36. The second-order valence-corrected chi connectivity index (χ2v) is 5.23. The van der Waals surface area contributed by atoms with Crippen LogP contribution in [0.5, 0.6) is 0 Å². The van der Waals surface area contributed by atoms with Crippen molar-refractivity contribution in [3.8, 4) is 0 Å². The van der Waals surface area contributed by atoms with E-state index in [1.807, 2.05) is 0 Å². The van der Waals surface area contributed by atoms with E-state index in [4.69, 9.17) is 9.84 Å². The van der Waals surface area contributed by atoms with Crippen molar-refractivity contribution in [3.05, 3.63) is 33.9 Å². The summed E-state index contributed by atoms with van der Waals surface area (Å²) in [5, 5.41) is 20.0. The van der Waals surface area contributed by atoms with Gasteiger partial charge >= 0.3 is 0 Å². The summed E-state index contributed by atoms with van der Waals surface area (Å²) in [6, 6.07) is 4.84. The molecule has 0 amide bonds. The van der Waals surface area contributed by atoms with E-state index in [1.54, 1.807) is 12.1 Å². The molecule has 5 nitrogen and oxygen atoms in total. The highest BCUT2D eigenvalue weighted by Crippen LogP contribution is 2.32. The molecule has 2 rings (SSSR count). The minimum atomic E-state index is -0.406. The normalized spacial score (nSPS) is 19.1. The van der Waals surface area contributed by atoms with Crippen LogP contribution in [0.1, 0.15) is 18.4 Å². The molecule has 1 N–H and O–H groups in total. The minimum Gasteiger partial charge on any atom is -0.392 e. The lowest BCUT2D eigenvalue weighted by molar-refractivity contribution is -0.387. The van der Waals surface area contributed by atoms with Gasteiger partial charge in [0.05, 0.1) is 22.5 Å². The van der Waals surface area contributed by atoms with Gasteiger partial charge in [-0.05, 0) is 24.5 Å². The monoisotopic (exact) mass is 269 g/mol. The molecule has 1 aliphatic rings. The molecule has 1 atom stereocenters. The lowest BCUT2D eigenvalue weighted by Crippen LogP contribution is -2.08. The van der Waals surface area contributed by atoms with Gasteiger partial charge in [0.15, 0.2) is 0 Å². The minimum absolute atomic E-state index is 0.0598. The second-order valence-electron chi connectivity index (χ2n) is 4.16. The third-order valence-electron chi connectivity index (χ3n) is 2.85. The fourth-order valence-corrected chi connectivity index (χ4v) is 2.96. The number of hydrogen-bond acceptors (Lipinski definition) is 5. The molecular weight excluding hydrogens is 254 g/mol. The van der Waals surface area contributed by atoms with E-state index in [1.165, 1.54) is 17.8 Å². The number of rotatable bonds is 5. The van der Waals surface area contributed by atoms with Crippen LogP contribution in [-0.4, -0.2) is 28.5 Å². The maximum atomic E-state index is 11.0. The molecule has 1 aliphatic heterocycles. The van der Waals surface area contributed by atoms with Gasteiger partial charge in [-0.15, -0.1) is 11.8 Å². The molecule has 18 heavy (non-hydrogen) atoms. The Morgan fingerprint density at radius 3 is 3.00 bits per heavy atom. The van der Waals surface area contributed by atoms with Gasteiger partial charge in [0.25, 0.3) is 5.69 Å². The van der Waals surface area contributed by atoms with E-state index < -0.39 is 4.92 Å². The second kappa shape index (κ2) is 6.17. The summed E-state index contributed by atoms with van der Waals surface area (Å²) < 4.78 is 5.49. The van der Waals surface area contributed by atoms with Crippen LogP contribution in [0, 0.1) is 10.1 Å². The van der Waals surface area contributed by atoms with Crippen LogP contribution in [0.15, 0.2) is 23.1 Å². The fraction of sp³-hybridized carbons (Fsp3) is 0.500. The quantitative estimate of drug-likeness (QED) is 0.504. The third-order valence-corrected chi connectivity index (χ3v) is 4.05. The summed E-state index contributed by atoms with van der Waals surface area (Å²) in [7, 11) is 0. The standard InChI is InChI=1S/C12H15NO4S/c14-7-9-3-4-12(11(6-9)13(15)16)18-8-10-2-1-5-17-10/h3-4,6,10,14H,1-2,5,7-8H2. The van der Waals surface area contributed by atoms with E-state index in [9.17, 15) is 10.1 Å². The number of nitro benzene ring substituents is 1. The molecule has 1 heterocycles. The van der Waals surface area contributed by atoms with Crippen molar-refractivity contribution >= 4 is 17.4 Å². The van der Waals surface area contributed by atoms with Crippen LogP contribution in [0.4, 0.5) is 5.69 Å². The van der Waals surface area contributed by atoms with Crippen LogP contribution >= 0.6 is 11.8 Å². The number of benzene rings is 1. The lowest BCUT2D eigenvalue weighted by Gasteiger charge is -2.09. The van der Waals surface area contributed by atoms with Crippen molar-refractivity contribution in [1.82, 2.24) is 0 Å². The predicted molar refractivity (Wildman–Crippen MR) is 68.7 cm³/mol. The van der Waals surface area contributed by atoms with Gasteiger partial charge in [-0.3, -0.25) is 10.1 Å². The molecule has 0 radical (unpaired) electrons. The highest BCUT2D eigenvalue weighted by Gasteiger charge is 2.19. The molecule has 98 valence electrons. The van der Waals surface area contributed by atoms with Crippen molar-refractivity contribution in [1.29, 1.82) is 0 Å². The van der Waals surface area contributed by atoms with E-state index >= 15 is 0 Å². The summed E-state index contributed by atoms with van der Waals surface area (Å²) in [4.78, 5) is 11.2. The lowest BCUT2D eigenvalue weighted by atomic mass is 10.2. The first-order valence-electron chi connectivity index (χ1n) is 5.83. The number of thioether (sulfide) groups is 1. The first-order valence-corrected chi connectivity index (χ1v) is 6.82. The molecule has 0 aliphatic carbocycles. The Morgan fingerprint density at radius 1 is 1.56 bits per heavy atom. The van der Waals surface area contributed by atoms with Crippen molar-refractivity contribution in [2.24, 2.45) is 0 Å². The Labute approximate surface area is 109 Å². The molecule has 0 aromatic heterocycles. The number of nitro groups is 1. The summed E-state index contributed by atoms with van der Waals surface area (Å²) in [6.45, 7) is 0.605. The number of hydrogen-bond donors (Lipinski definition) is 1. The summed E-state index contributed by atoms with van der Waals surface area (Å²) >= 11 is 1.44. The van der Waals surface area contributed by atoms with Crippen LogP contribution in [0.25, 0.3) is 0 Å². The van der Waals surface area contributed by atoms with Gasteiger partial charge in [0.1, 0.15) is 0 Å². The van der Waals surface area contributed by atoms with Crippen molar-refractivity contribution in [3.63, 3.8) is 0 Å². The average molecular weight is 269 g/mol. The highest BCUT2D eigenvalue weighted by atomic mass is 32.2. The number of aliphatic hydroxyl groups excluding tert-OH is 1. The Balaban J connectivity index is 2.08. The molecule has 6 heteroatoms. The molecule has 1 unspecified atom stereocenters. The Hall–Kier alpha value is -1.11. The molecule has 1 saturated heterocycles. The van der Waals surface area contributed by atoms with Crippen LogP contribution < -0.4 is 0 Å². The average Bonchev–Trinajstić information content (AvgIpc) is 2.89. The summed E-state index contributed by atoms with van der Waals surface area (Å²) in [6.07, 6.45) is 2.29. The van der Waals surface area contributed by atoms with Gasteiger partial charge in [-0.1, -0.05) is 6.07 Å². The number of aliphatic hydroxyl groups is 1. The van der Waals surface area contributed by atoms with E-state index in [0.29, 0.717) is 10.5 Å². The first kappa shape index (κ1) is 13.3. The van der Waals surface area contributed by atoms with Crippen LogP contribution in [0.3, 0.4) is 0 Å². The molecular formula is C12H15NO4S. The largest absolute Gasteiger partial charge is 0.392 e. The van der Waals surface area contributed by atoms with E-state index in [-0.39, 0.29) is 18.4 Å². The smallest absolute Gasteiger partial charge is 0.283 e. The summed E-state index contributed by atoms with van der Waals surface area (Å²) in [5.41, 5.74) is 0.618. The zero-order valence-corrected chi connectivity index (χ0v) is 10.7. The maximum absolute atomic E-state index is 11.0. The van der Waals surface area contributed by atoms with Gasteiger partial charge in [0.2, 0.25) is 0 Å². The molecule has 0 bridgehead atoms. The van der Waals surface area contributed by atoms with Gasteiger partial charge < -0.3 is 9.84 Å².